The topological polar surface area (TPSA) is 28.2 Å². The number of aromatic nitrogens is 1. The van der Waals surface area contributed by atoms with Crippen LogP contribution in [0.25, 0.3) is 0 Å². The van der Waals surface area contributed by atoms with E-state index in [4.69, 9.17) is 0 Å². The van der Waals surface area contributed by atoms with Crippen molar-refractivity contribution in [1.29, 1.82) is 0 Å². The van der Waals surface area contributed by atoms with Gasteiger partial charge in [-0.05, 0) is 40.2 Å². The summed E-state index contributed by atoms with van der Waals surface area (Å²) < 4.78 is 0. The van der Waals surface area contributed by atoms with Gasteiger partial charge >= 0.3 is 0 Å². The third-order valence-corrected chi connectivity index (χ3v) is 4.46. The second kappa shape index (κ2) is 5.94. The molecular formula is C13H23N3S. The van der Waals surface area contributed by atoms with Gasteiger partial charge in [0.15, 0.2) is 0 Å². The molecule has 1 unspecified atom stereocenters. The molecule has 0 amide bonds. The Bertz CT molecular complexity index is 342. The lowest BCUT2D eigenvalue weighted by atomic mass is 10.2. The molecule has 0 spiro atoms. The zero-order chi connectivity index (χ0) is 12.3. The van der Waals surface area contributed by atoms with Gasteiger partial charge in [-0.25, -0.2) is 4.98 Å². The molecule has 1 aliphatic rings. The molecule has 0 aliphatic carbocycles. The highest BCUT2D eigenvalue weighted by Crippen LogP contribution is 2.18. The van der Waals surface area contributed by atoms with Gasteiger partial charge in [0, 0.05) is 30.1 Å². The Morgan fingerprint density at radius 1 is 1.59 bits per heavy atom. The Morgan fingerprint density at radius 2 is 2.41 bits per heavy atom. The van der Waals surface area contributed by atoms with Crippen molar-refractivity contribution in [2.75, 3.05) is 13.1 Å². The van der Waals surface area contributed by atoms with Crippen molar-refractivity contribution in [1.82, 2.24) is 15.2 Å². The standard InChI is InChI=1S/C13H23N3S/c1-10(2)16(7-12-5-4-6-14-12)8-13-11(3)15-9-17-13/h9-10,12,14H,4-8H2,1-3H3. The molecular weight excluding hydrogens is 230 g/mol. The van der Waals surface area contributed by atoms with Gasteiger partial charge in [0.2, 0.25) is 0 Å². The molecule has 1 aromatic rings. The van der Waals surface area contributed by atoms with Crippen LogP contribution in [-0.2, 0) is 6.54 Å². The Labute approximate surface area is 108 Å². The average Bonchev–Trinajstić information content (AvgIpc) is 2.90. The minimum absolute atomic E-state index is 0.596. The van der Waals surface area contributed by atoms with Crippen LogP contribution in [0.4, 0.5) is 0 Å². The summed E-state index contributed by atoms with van der Waals surface area (Å²) in [5.41, 5.74) is 3.15. The highest BCUT2D eigenvalue weighted by atomic mass is 32.1. The van der Waals surface area contributed by atoms with Crippen molar-refractivity contribution in [3.63, 3.8) is 0 Å². The van der Waals surface area contributed by atoms with E-state index in [1.807, 2.05) is 5.51 Å². The molecule has 2 heterocycles. The van der Waals surface area contributed by atoms with Gasteiger partial charge in [-0.1, -0.05) is 0 Å². The summed E-state index contributed by atoms with van der Waals surface area (Å²) in [7, 11) is 0. The second-order valence-corrected chi connectivity index (χ2v) is 6.12. The van der Waals surface area contributed by atoms with E-state index in [1.165, 1.54) is 30.0 Å². The highest BCUT2D eigenvalue weighted by molar-refractivity contribution is 7.09. The van der Waals surface area contributed by atoms with Gasteiger partial charge in [0.05, 0.1) is 11.2 Å². The molecule has 1 aromatic heterocycles. The van der Waals surface area contributed by atoms with Crippen molar-refractivity contribution in [2.24, 2.45) is 0 Å². The molecule has 17 heavy (non-hydrogen) atoms. The number of nitrogens with zero attached hydrogens (tertiary/aromatic N) is 2. The van der Waals surface area contributed by atoms with E-state index in [9.17, 15) is 0 Å². The average molecular weight is 253 g/mol. The first-order valence-corrected chi connectivity index (χ1v) is 7.41. The zero-order valence-corrected chi connectivity index (χ0v) is 11.9. The Morgan fingerprint density at radius 3 is 2.94 bits per heavy atom. The van der Waals surface area contributed by atoms with E-state index in [0.717, 1.165) is 13.1 Å². The van der Waals surface area contributed by atoms with Crippen LogP contribution < -0.4 is 5.32 Å². The second-order valence-electron chi connectivity index (χ2n) is 5.18. The highest BCUT2D eigenvalue weighted by Gasteiger charge is 2.20. The van der Waals surface area contributed by atoms with E-state index in [0.29, 0.717) is 12.1 Å². The minimum Gasteiger partial charge on any atom is -0.313 e. The van der Waals surface area contributed by atoms with Crippen LogP contribution in [0.1, 0.15) is 37.3 Å². The lowest BCUT2D eigenvalue weighted by molar-refractivity contribution is 0.195. The van der Waals surface area contributed by atoms with E-state index in [-0.39, 0.29) is 0 Å². The van der Waals surface area contributed by atoms with Crippen molar-refractivity contribution in [2.45, 2.75) is 52.2 Å². The van der Waals surface area contributed by atoms with Crippen LogP contribution in [0.5, 0.6) is 0 Å². The maximum Gasteiger partial charge on any atom is 0.0798 e. The van der Waals surface area contributed by atoms with Crippen LogP contribution in [-0.4, -0.2) is 35.1 Å². The molecule has 3 nitrogen and oxygen atoms in total. The first-order chi connectivity index (χ1) is 8.16. The van der Waals surface area contributed by atoms with Crippen LogP contribution >= 0.6 is 11.3 Å². The predicted molar refractivity (Wildman–Crippen MR) is 73.4 cm³/mol. The van der Waals surface area contributed by atoms with Crippen molar-refractivity contribution in [3.05, 3.63) is 16.1 Å². The summed E-state index contributed by atoms with van der Waals surface area (Å²) in [6, 6.07) is 1.28. The van der Waals surface area contributed by atoms with Crippen LogP contribution in [0.2, 0.25) is 0 Å². The molecule has 0 radical (unpaired) electrons. The molecule has 1 aliphatic heterocycles. The van der Waals surface area contributed by atoms with Crippen LogP contribution in [0.15, 0.2) is 5.51 Å². The van der Waals surface area contributed by atoms with Gasteiger partial charge in [-0.15, -0.1) is 11.3 Å². The molecule has 0 aromatic carbocycles. The number of thiazole rings is 1. The van der Waals surface area contributed by atoms with Gasteiger partial charge in [0.1, 0.15) is 0 Å². The lowest BCUT2D eigenvalue weighted by Gasteiger charge is -2.29. The molecule has 0 bridgehead atoms. The predicted octanol–water partition coefficient (Wildman–Crippen LogP) is 2.41. The van der Waals surface area contributed by atoms with Crippen LogP contribution in [0, 0.1) is 6.92 Å². The molecule has 1 N–H and O–H groups in total. The van der Waals surface area contributed by atoms with Gasteiger partial charge in [0.25, 0.3) is 0 Å². The monoisotopic (exact) mass is 253 g/mol. The SMILES string of the molecule is Cc1ncsc1CN(CC1CCCN1)C(C)C. The Hall–Kier alpha value is -0.450. The summed E-state index contributed by atoms with van der Waals surface area (Å²) in [6.45, 7) is 10.1. The third-order valence-electron chi connectivity index (χ3n) is 3.54. The smallest absolute Gasteiger partial charge is 0.0798 e. The van der Waals surface area contributed by atoms with Crippen molar-refractivity contribution in [3.8, 4) is 0 Å². The van der Waals surface area contributed by atoms with Gasteiger partial charge in [-0.2, -0.15) is 0 Å². The molecule has 0 saturated carbocycles. The Kier molecular flexibility index (Phi) is 4.54. The largest absolute Gasteiger partial charge is 0.313 e. The summed E-state index contributed by atoms with van der Waals surface area (Å²) in [6.07, 6.45) is 2.65. The fraction of sp³-hybridized carbons (Fsp3) is 0.769. The van der Waals surface area contributed by atoms with Gasteiger partial charge < -0.3 is 5.32 Å². The number of rotatable bonds is 5. The number of hydrogen-bond acceptors (Lipinski definition) is 4. The number of hydrogen-bond donors (Lipinski definition) is 1. The maximum atomic E-state index is 4.34. The zero-order valence-electron chi connectivity index (χ0n) is 11.1. The quantitative estimate of drug-likeness (QED) is 0.873. The fourth-order valence-electron chi connectivity index (χ4n) is 2.32. The number of nitrogens with one attached hydrogen (secondary N) is 1. The third kappa shape index (κ3) is 3.50. The summed E-state index contributed by atoms with van der Waals surface area (Å²) >= 11 is 1.78. The van der Waals surface area contributed by atoms with Crippen molar-refractivity contribution < 1.29 is 0 Å². The lowest BCUT2D eigenvalue weighted by Crippen LogP contribution is -2.40. The maximum absolute atomic E-state index is 4.34. The summed E-state index contributed by atoms with van der Waals surface area (Å²) in [4.78, 5) is 8.31. The first kappa shape index (κ1) is 13.0. The van der Waals surface area contributed by atoms with E-state index in [1.54, 1.807) is 11.3 Å². The number of aryl methyl sites for hydroxylation is 1. The van der Waals surface area contributed by atoms with Gasteiger partial charge in [-0.3, -0.25) is 4.90 Å². The molecule has 96 valence electrons. The minimum atomic E-state index is 0.596. The molecule has 1 atom stereocenters. The van der Waals surface area contributed by atoms with E-state index >= 15 is 0 Å². The van der Waals surface area contributed by atoms with E-state index in [2.05, 4.69) is 36.0 Å². The molecule has 4 heteroatoms. The van der Waals surface area contributed by atoms with Crippen molar-refractivity contribution >= 4 is 11.3 Å². The molecule has 2 rings (SSSR count). The molecule has 1 saturated heterocycles. The summed E-state index contributed by atoms with van der Waals surface area (Å²) in [5.74, 6) is 0. The van der Waals surface area contributed by atoms with E-state index < -0.39 is 0 Å². The molecule has 1 fully saturated rings. The van der Waals surface area contributed by atoms with Crippen LogP contribution in [0.3, 0.4) is 0 Å². The Balaban J connectivity index is 1.95. The first-order valence-electron chi connectivity index (χ1n) is 6.53. The fourth-order valence-corrected chi connectivity index (χ4v) is 3.12. The normalized spacial score (nSPS) is 20.6. The summed E-state index contributed by atoms with van der Waals surface area (Å²) in [5, 5.41) is 3.58.